The maximum Gasteiger partial charge on any atom is 0.472 e. The number of likely N-dealkylation sites (N-methyl/N-ethyl adjacent to an activating group) is 1. The number of phosphoric acid groups is 1. The average Bonchev–Trinajstić information content (AvgIpc) is 3.36. The lowest BCUT2D eigenvalue weighted by Crippen LogP contribution is -2.37. The van der Waals surface area contributed by atoms with E-state index in [9.17, 15) is 19.0 Å². The molecule has 0 fully saturated rings. The Bertz CT molecular complexity index is 1480. The summed E-state index contributed by atoms with van der Waals surface area (Å²) in [6, 6.07) is 0. The number of allylic oxidation sites excluding steroid dienone is 12. The quantitative estimate of drug-likeness (QED) is 0.0211. The summed E-state index contributed by atoms with van der Waals surface area (Å²) in [6.45, 7) is 4.34. The number of hydrogen-bond donors (Lipinski definition) is 1. The molecule has 0 aromatic carbocycles. The fourth-order valence-corrected chi connectivity index (χ4v) is 9.25. The average molecular weight is 1060 g/mol. The van der Waals surface area contributed by atoms with E-state index in [1.54, 1.807) is 0 Å². The van der Waals surface area contributed by atoms with Gasteiger partial charge in [0, 0.05) is 12.8 Å². The van der Waals surface area contributed by atoms with E-state index in [1.807, 2.05) is 21.1 Å². The molecule has 0 aliphatic carbocycles. The molecule has 2 unspecified atom stereocenters. The third-order valence-electron chi connectivity index (χ3n) is 13.2. The van der Waals surface area contributed by atoms with Gasteiger partial charge in [0.15, 0.2) is 6.10 Å². The number of ether oxygens (including phenoxy) is 2. The van der Waals surface area contributed by atoms with Crippen LogP contribution in [0.5, 0.6) is 0 Å². The van der Waals surface area contributed by atoms with Gasteiger partial charge in [-0.3, -0.25) is 18.6 Å². The zero-order valence-corrected chi connectivity index (χ0v) is 49.7. The van der Waals surface area contributed by atoms with Crippen LogP contribution in [-0.4, -0.2) is 74.9 Å². The fraction of sp³-hybridized carbons (Fsp3) is 0.781. The standard InChI is InChI=1S/C64H116NO8P/c1-6-8-10-12-14-16-18-20-22-24-26-27-28-29-30-31-32-33-34-35-36-37-39-41-43-45-47-49-51-53-55-57-64(67)73-62(61-72-74(68,69)71-59-58-65(3,4)5)60-70-63(66)56-54-52-50-48-46-44-42-40-38-25-23-21-19-17-15-13-11-9-7-2/h8,10,14,16,20-23,26-27,29-30,62H,6-7,9,11-13,15,17-19,24-25,28,31-61H2,1-5H3/p+1/b10-8-,16-14-,22-20-,23-21-,27-26-,30-29-. The number of quaternary nitrogens is 1. The van der Waals surface area contributed by atoms with Crippen molar-refractivity contribution < 1.29 is 42.1 Å². The Morgan fingerprint density at radius 1 is 0.432 bits per heavy atom. The second-order valence-electron chi connectivity index (χ2n) is 21.7. The van der Waals surface area contributed by atoms with Crippen LogP contribution in [-0.2, 0) is 32.7 Å². The SMILES string of the molecule is CC/C=C\C/C=C\C/C=C\C/C=C\C/C=C\CCCCCCCCCCCCCCCCCC(=O)OC(COC(=O)CCCCCCCCCCC/C=C\CCCCCCCC)COP(=O)(O)OCC[N+](C)(C)C. The molecule has 0 aliphatic rings. The molecule has 0 amide bonds. The van der Waals surface area contributed by atoms with Gasteiger partial charge in [0.05, 0.1) is 27.7 Å². The van der Waals surface area contributed by atoms with E-state index in [-0.39, 0.29) is 32.0 Å². The summed E-state index contributed by atoms with van der Waals surface area (Å²) in [5.74, 6) is -0.793. The van der Waals surface area contributed by atoms with E-state index in [2.05, 4.69) is 86.8 Å². The minimum absolute atomic E-state index is 0.0304. The lowest BCUT2D eigenvalue weighted by molar-refractivity contribution is -0.870. The van der Waals surface area contributed by atoms with Gasteiger partial charge in [0.25, 0.3) is 0 Å². The van der Waals surface area contributed by atoms with Gasteiger partial charge in [-0.05, 0) is 83.5 Å². The van der Waals surface area contributed by atoms with E-state index in [0.717, 1.165) is 64.2 Å². The number of esters is 2. The molecule has 0 aliphatic heterocycles. The zero-order chi connectivity index (χ0) is 54.2. The monoisotopic (exact) mass is 1060 g/mol. The van der Waals surface area contributed by atoms with E-state index >= 15 is 0 Å². The van der Waals surface area contributed by atoms with Crippen molar-refractivity contribution in [3.8, 4) is 0 Å². The molecule has 0 radical (unpaired) electrons. The largest absolute Gasteiger partial charge is 0.472 e. The van der Waals surface area contributed by atoms with Gasteiger partial charge >= 0.3 is 19.8 Å². The molecule has 430 valence electrons. The molecule has 0 heterocycles. The summed E-state index contributed by atoms with van der Waals surface area (Å²) < 4.78 is 34.6. The van der Waals surface area contributed by atoms with Crippen LogP contribution in [0.3, 0.4) is 0 Å². The normalized spacial score (nSPS) is 13.8. The summed E-state index contributed by atoms with van der Waals surface area (Å²) in [5.41, 5.74) is 0. The summed E-state index contributed by atoms with van der Waals surface area (Å²) in [7, 11) is 1.48. The van der Waals surface area contributed by atoms with Crippen LogP contribution in [0.25, 0.3) is 0 Å². The molecular formula is C64H117NO8P+. The first-order chi connectivity index (χ1) is 36.0. The van der Waals surface area contributed by atoms with Crippen molar-refractivity contribution in [2.24, 2.45) is 0 Å². The Hall–Kier alpha value is -2.55. The van der Waals surface area contributed by atoms with Crippen molar-refractivity contribution in [2.45, 2.75) is 277 Å². The van der Waals surface area contributed by atoms with Crippen molar-refractivity contribution in [2.75, 3.05) is 47.5 Å². The molecule has 74 heavy (non-hydrogen) atoms. The Labute approximate surface area is 457 Å². The number of phosphoric ester groups is 1. The smallest absolute Gasteiger partial charge is 0.462 e. The molecule has 1 N–H and O–H groups in total. The van der Waals surface area contributed by atoms with Crippen LogP contribution < -0.4 is 0 Å². The van der Waals surface area contributed by atoms with Crippen molar-refractivity contribution in [1.29, 1.82) is 0 Å². The molecule has 0 saturated carbocycles. The third-order valence-corrected chi connectivity index (χ3v) is 14.2. The highest BCUT2D eigenvalue weighted by atomic mass is 31.2. The molecular weight excluding hydrogens is 942 g/mol. The summed E-state index contributed by atoms with van der Waals surface area (Å²) in [6.07, 6.45) is 72.6. The Morgan fingerprint density at radius 2 is 0.770 bits per heavy atom. The second-order valence-corrected chi connectivity index (χ2v) is 23.2. The molecule has 0 spiro atoms. The fourth-order valence-electron chi connectivity index (χ4n) is 8.51. The van der Waals surface area contributed by atoms with Crippen molar-refractivity contribution in [1.82, 2.24) is 0 Å². The highest BCUT2D eigenvalue weighted by molar-refractivity contribution is 7.47. The van der Waals surface area contributed by atoms with E-state index in [4.69, 9.17) is 18.5 Å². The molecule has 10 heteroatoms. The maximum atomic E-state index is 12.8. The predicted octanol–water partition coefficient (Wildman–Crippen LogP) is 19.3. The Kier molecular flexibility index (Phi) is 53.3. The number of nitrogens with zero attached hydrogens (tertiary/aromatic N) is 1. The van der Waals surface area contributed by atoms with Gasteiger partial charge in [-0.1, -0.05) is 247 Å². The topological polar surface area (TPSA) is 108 Å². The first-order valence-electron chi connectivity index (χ1n) is 30.7. The Morgan fingerprint density at radius 3 is 1.16 bits per heavy atom. The number of rotatable bonds is 56. The Balaban J connectivity index is 4.09. The second kappa shape index (κ2) is 55.2. The van der Waals surface area contributed by atoms with E-state index in [1.165, 1.54) is 173 Å². The van der Waals surface area contributed by atoms with E-state index in [0.29, 0.717) is 17.4 Å². The van der Waals surface area contributed by atoms with Crippen LogP contribution in [0.15, 0.2) is 72.9 Å². The highest BCUT2D eigenvalue weighted by Gasteiger charge is 2.27. The van der Waals surface area contributed by atoms with E-state index < -0.39 is 26.5 Å². The number of unbranched alkanes of at least 4 members (excludes halogenated alkanes) is 30. The van der Waals surface area contributed by atoms with Crippen LogP contribution >= 0.6 is 7.82 Å². The lowest BCUT2D eigenvalue weighted by atomic mass is 10.0. The zero-order valence-electron chi connectivity index (χ0n) is 48.8. The number of hydrogen-bond acceptors (Lipinski definition) is 7. The number of carbonyl (C=O) groups excluding carboxylic acids is 2. The van der Waals surface area contributed by atoms with Gasteiger partial charge < -0.3 is 18.9 Å². The molecule has 0 aromatic heterocycles. The van der Waals surface area contributed by atoms with Crippen molar-refractivity contribution >= 4 is 19.8 Å². The van der Waals surface area contributed by atoms with Crippen molar-refractivity contribution in [3.63, 3.8) is 0 Å². The predicted molar refractivity (Wildman–Crippen MR) is 316 cm³/mol. The van der Waals surface area contributed by atoms with Crippen LogP contribution in [0.2, 0.25) is 0 Å². The molecule has 0 aromatic rings. The molecule has 0 bridgehead atoms. The highest BCUT2D eigenvalue weighted by Crippen LogP contribution is 2.43. The summed E-state index contributed by atoms with van der Waals surface area (Å²) in [5, 5.41) is 0. The van der Waals surface area contributed by atoms with Gasteiger partial charge in [0.2, 0.25) is 0 Å². The van der Waals surface area contributed by atoms with Crippen molar-refractivity contribution in [3.05, 3.63) is 72.9 Å². The van der Waals surface area contributed by atoms with Crippen LogP contribution in [0, 0.1) is 0 Å². The first kappa shape index (κ1) is 71.5. The molecule has 0 saturated heterocycles. The molecule has 9 nitrogen and oxygen atoms in total. The summed E-state index contributed by atoms with van der Waals surface area (Å²) in [4.78, 5) is 35.7. The minimum Gasteiger partial charge on any atom is -0.462 e. The number of carbonyl (C=O) groups is 2. The van der Waals surface area contributed by atoms with Gasteiger partial charge in [0.1, 0.15) is 19.8 Å². The molecule has 2 atom stereocenters. The molecule has 0 rings (SSSR count). The van der Waals surface area contributed by atoms with Gasteiger partial charge in [-0.2, -0.15) is 0 Å². The van der Waals surface area contributed by atoms with Gasteiger partial charge in [-0.15, -0.1) is 0 Å². The van der Waals surface area contributed by atoms with Crippen LogP contribution in [0.4, 0.5) is 0 Å². The summed E-state index contributed by atoms with van der Waals surface area (Å²) >= 11 is 0. The van der Waals surface area contributed by atoms with Gasteiger partial charge in [-0.25, -0.2) is 4.57 Å². The first-order valence-corrected chi connectivity index (χ1v) is 32.2. The maximum absolute atomic E-state index is 12.8. The third kappa shape index (κ3) is 58.7. The van der Waals surface area contributed by atoms with Crippen LogP contribution in [0.1, 0.15) is 271 Å². The lowest BCUT2D eigenvalue weighted by Gasteiger charge is -2.24. The minimum atomic E-state index is -4.39.